The fourth-order valence-corrected chi connectivity index (χ4v) is 4.29. The van der Waals surface area contributed by atoms with Crippen molar-refractivity contribution >= 4 is 32.7 Å². The van der Waals surface area contributed by atoms with Gasteiger partial charge in [-0.2, -0.15) is 0 Å². The van der Waals surface area contributed by atoms with Crippen molar-refractivity contribution in [2.45, 2.75) is 57.6 Å². The number of imidazole rings is 1. The third-order valence-corrected chi connectivity index (χ3v) is 5.78. The molecule has 31 heavy (non-hydrogen) atoms. The third-order valence-electron chi connectivity index (χ3n) is 4.39. The first-order chi connectivity index (χ1) is 14.5. The second-order valence-corrected chi connectivity index (χ2v) is 9.87. The van der Waals surface area contributed by atoms with Gasteiger partial charge in [-0.3, -0.25) is 9.52 Å². The van der Waals surface area contributed by atoms with E-state index in [-0.39, 0.29) is 17.1 Å². The minimum Gasteiger partial charge on any atom is -0.459 e. The lowest BCUT2D eigenvalue weighted by atomic mass is 10.2. The zero-order valence-corrected chi connectivity index (χ0v) is 18.8. The van der Waals surface area contributed by atoms with E-state index in [0.717, 1.165) is 18.6 Å². The highest BCUT2D eigenvalue weighted by Crippen LogP contribution is 2.28. The van der Waals surface area contributed by atoms with Gasteiger partial charge >= 0.3 is 5.97 Å². The Morgan fingerprint density at radius 2 is 1.84 bits per heavy atom. The third kappa shape index (κ3) is 5.41. The first kappa shape index (κ1) is 22.7. The summed E-state index contributed by atoms with van der Waals surface area (Å²) in [6.45, 7) is 7.25. The van der Waals surface area contributed by atoms with E-state index in [9.17, 15) is 17.6 Å². The molecule has 1 aromatic heterocycles. The minimum atomic E-state index is -3.97. The number of nitrogens with one attached hydrogen (secondary N) is 1. The Kier molecular flexibility index (Phi) is 6.35. The number of fused-ring (bicyclic) bond motifs is 1. The Morgan fingerprint density at radius 3 is 2.45 bits per heavy atom. The van der Waals surface area contributed by atoms with Crippen LogP contribution >= 0.6 is 0 Å². The molecule has 0 bridgehead atoms. The van der Waals surface area contributed by atoms with E-state index in [1.54, 1.807) is 43.5 Å². The van der Waals surface area contributed by atoms with Crippen LogP contribution in [0.25, 0.3) is 11.0 Å². The topological polar surface area (TPSA) is 90.3 Å². The summed E-state index contributed by atoms with van der Waals surface area (Å²) in [4.78, 5) is 17.1. The maximum atomic E-state index is 13.2. The second-order valence-electron chi connectivity index (χ2n) is 8.18. The van der Waals surface area contributed by atoms with Crippen molar-refractivity contribution in [2.75, 3.05) is 4.72 Å². The number of carbonyl (C=O) groups excluding carboxylic acids is 1. The first-order valence-corrected chi connectivity index (χ1v) is 11.5. The summed E-state index contributed by atoms with van der Waals surface area (Å²) in [6.07, 6.45) is 1.41. The summed E-state index contributed by atoms with van der Waals surface area (Å²) in [5, 5.41) is 0. The van der Waals surface area contributed by atoms with Gasteiger partial charge in [0, 0.05) is 6.42 Å². The minimum absolute atomic E-state index is 0.0714. The van der Waals surface area contributed by atoms with Gasteiger partial charge in [0.1, 0.15) is 23.8 Å². The fraction of sp³-hybridized carbons (Fsp3) is 0.364. The molecule has 3 aromatic rings. The van der Waals surface area contributed by atoms with Crippen molar-refractivity contribution in [1.82, 2.24) is 9.55 Å². The van der Waals surface area contributed by atoms with Crippen molar-refractivity contribution < 1.29 is 22.3 Å². The summed E-state index contributed by atoms with van der Waals surface area (Å²) in [6, 6.07) is 9.60. The van der Waals surface area contributed by atoms with Crippen molar-refractivity contribution in [2.24, 2.45) is 0 Å². The molecule has 0 amide bonds. The molecule has 7 nitrogen and oxygen atoms in total. The van der Waals surface area contributed by atoms with Crippen LogP contribution in [-0.4, -0.2) is 29.5 Å². The molecule has 1 heterocycles. The first-order valence-electron chi connectivity index (χ1n) is 9.98. The average Bonchev–Trinajstić information content (AvgIpc) is 2.99. The number of halogens is 1. The Bertz CT molecular complexity index is 1200. The van der Waals surface area contributed by atoms with Crippen molar-refractivity contribution in [3.63, 3.8) is 0 Å². The molecule has 0 saturated carbocycles. The molecule has 0 unspecified atom stereocenters. The Morgan fingerprint density at radius 1 is 1.16 bits per heavy atom. The number of esters is 1. The number of para-hydroxylation sites is 1. The molecule has 0 atom stereocenters. The van der Waals surface area contributed by atoms with Crippen LogP contribution in [0.3, 0.4) is 0 Å². The molecule has 0 radical (unpaired) electrons. The highest BCUT2D eigenvalue weighted by Gasteiger charge is 2.23. The molecular weight excluding hydrogens is 421 g/mol. The number of nitrogens with zero attached hydrogens (tertiary/aromatic N) is 2. The molecule has 3 rings (SSSR count). The normalized spacial score (nSPS) is 12.2. The molecule has 0 saturated heterocycles. The number of ether oxygens (including phenoxy) is 1. The smallest absolute Gasteiger partial charge is 0.326 e. The van der Waals surface area contributed by atoms with E-state index in [0.29, 0.717) is 23.3 Å². The number of hydrogen-bond acceptors (Lipinski definition) is 5. The predicted octanol–water partition coefficient (Wildman–Crippen LogP) is 4.27. The Balaban J connectivity index is 2.06. The van der Waals surface area contributed by atoms with Crippen LogP contribution in [0.1, 0.15) is 39.9 Å². The Labute approximate surface area is 181 Å². The number of aromatic nitrogens is 2. The number of anilines is 1. The van der Waals surface area contributed by atoms with Crippen LogP contribution < -0.4 is 4.72 Å². The van der Waals surface area contributed by atoms with Crippen LogP contribution in [0, 0.1) is 5.82 Å². The molecule has 0 fully saturated rings. The molecule has 1 N–H and O–H groups in total. The van der Waals surface area contributed by atoms with Gasteiger partial charge in [0.15, 0.2) is 0 Å². The molecule has 0 aliphatic heterocycles. The van der Waals surface area contributed by atoms with Crippen LogP contribution in [0.4, 0.5) is 10.1 Å². The van der Waals surface area contributed by atoms with Crippen molar-refractivity contribution in [3.05, 3.63) is 54.1 Å². The lowest BCUT2D eigenvalue weighted by molar-refractivity contribution is -0.155. The second kappa shape index (κ2) is 8.66. The summed E-state index contributed by atoms with van der Waals surface area (Å²) in [5.41, 5.74) is 0.680. The van der Waals surface area contributed by atoms with E-state index < -0.39 is 27.4 Å². The van der Waals surface area contributed by atoms with Gasteiger partial charge < -0.3 is 9.30 Å². The van der Waals surface area contributed by atoms with E-state index in [1.165, 1.54) is 12.1 Å². The predicted molar refractivity (Wildman–Crippen MR) is 117 cm³/mol. The molecule has 0 aliphatic carbocycles. The number of hydrogen-bond donors (Lipinski definition) is 1. The van der Waals surface area contributed by atoms with Gasteiger partial charge in [-0.05, 0) is 63.6 Å². The van der Waals surface area contributed by atoms with Crippen LogP contribution in [0.5, 0.6) is 0 Å². The quantitative estimate of drug-likeness (QED) is 0.546. The fourth-order valence-electron chi connectivity index (χ4n) is 3.22. The summed E-state index contributed by atoms with van der Waals surface area (Å²) >= 11 is 0. The molecule has 9 heteroatoms. The van der Waals surface area contributed by atoms with E-state index in [2.05, 4.69) is 9.71 Å². The standard InChI is InChI=1S/C22H26FN3O4S/c1-5-7-19-24-17-8-6-9-18(21(17)26(19)14-20(27)30-22(2,3)4)25-31(28,29)16-12-10-15(23)11-13-16/h6,8-13,25H,5,7,14H2,1-4H3. The molecule has 0 spiro atoms. The van der Waals surface area contributed by atoms with Crippen LogP contribution in [-0.2, 0) is 32.5 Å². The van der Waals surface area contributed by atoms with Crippen molar-refractivity contribution in [1.29, 1.82) is 0 Å². The van der Waals surface area contributed by atoms with Gasteiger partial charge in [-0.25, -0.2) is 17.8 Å². The maximum absolute atomic E-state index is 13.2. The number of benzene rings is 2. The molecule has 0 aliphatic rings. The lowest BCUT2D eigenvalue weighted by Crippen LogP contribution is -2.27. The van der Waals surface area contributed by atoms with Crippen LogP contribution in [0.15, 0.2) is 47.4 Å². The SMILES string of the molecule is CCCc1nc2cccc(NS(=O)(=O)c3ccc(F)cc3)c2n1CC(=O)OC(C)(C)C. The highest BCUT2D eigenvalue weighted by atomic mass is 32.2. The van der Waals surface area contributed by atoms with E-state index in [4.69, 9.17) is 4.74 Å². The number of carbonyl (C=O) groups is 1. The number of rotatable bonds is 7. The number of sulfonamides is 1. The summed E-state index contributed by atoms with van der Waals surface area (Å²) < 4.78 is 48.6. The highest BCUT2D eigenvalue weighted by molar-refractivity contribution is 7.92. The molecule has 2 aromatic carbocycles. The summed E-state index contributed by atoms with van der Waals surface area (Å²) in [7, 11) is -3.97. The zero-order chi connectivity index (χ0) is 22.8. The monoisotopic (exact) mass is 447 g/mol. The molecular formula is C22H26FN3O4S. The van der Waals surface area contributed by atoms with Crippen molar-refractivity contribution in [3.8, 4) is 0 Å². The largest absolute Gasteiger partial charge is 0.459 e. The number of aryl methyl sites for hydroxylation is 1. The average molecular weight is 448 g/mol. The van der Waals surface area contributed by atoms with E-state index >= 15 is 0 Å². The maximum Gasteiger partial charge on any atom is 0.326 e. The summed E-state index contributed by atoms with van der Waals surface area (Å²) in [5.74, 6) is -0.308. The van der Waals surface area contributed by atoms with Gasteiger partial charge in [0.05, 0.1) is 21.6 Å². The van der Waals surface area contributed by atoms with Gasteiger partial charge in [0.2, 0.25) is 0 Å². The van der Waals surface area contributed by atoms with E-state index in [1.807, 2.05) is 6.92 Å². The van der Waals surface area contributed by atoms with Gasteiger partial charge in [-0.1, -0.05) is 13.0 Å². The van der Waals surface area contributed by atoms with Gasteiger partial charge in [0.25, 0.3) is 10.0 Å². The molecule has 166 valence electrons. The van der Waals surface area contributed by atoms with Gasteiger partial charge in [-0.15, -0.1) is 0 Å². The van der Waals surface area contributed by atoms with Crippen LogP contribution in [0.2, 0.25) is 0 Å². The Hall–Kier alpha value is -2.94. The lowest BCUT2D eigenvalue weighted by Gasteiger charge is -2.20. The zero-order valence-electron chi connectivity index (χ0n) is 18.0.